The van der Waals surface area contributed by atoms with E-state index < -0.39 is 0 Å². The third-order valence-corrected chi connectivity index (χ3v) is 5.27. The van der Waals surface area contributed by atoms with Crippen LogP contribution in [-0.2, 0) is 11.2 Å². The van der Waals surface area contributed by atoms with Gasteiger partial charge in [-0.05, 0) is 43.9 Å². The Bertz CT molecular complexity index is 602. The van der Waals surface area contributed by atoms with Crippen molar-refractivity contribution in [2.75, 3.05) is 39.4 Å². The number of likely N-dealkylation sites (tertiary alicyclic amines) is 1. The number of nitrogens with zero attached hydrogens (tertiary/aromatic N) is 2. The van der Waals surface area contributed by atoms with Gasteiger partial charge in [-0.3, -0.25) is 4.99 Å². The summed E-state index contributed by atoms with van der Waals surface area (Å²) in [5.74, 6) is 0.654. The number of aliphatic imine (C=N–C) groups is 1. The highest BCUT2D eigenvalue weighted by Crippen LogP contribution is 2.38. The minimum Gasteiger partial charge on any atom is -0.381 e. The Morgan fingerprint density at radius 2 is 2.33 bits per heavy atom. The Labute approximate surface area is 148 Å². The summed E-state index contributed by atoms with van der Waals surface area (Å²) in [6, 6.07) is 4.54. The van der Waals surface area contributed by atoms with Crippen LogP contribution in [0.4, 0.5) is 4.39 Å². The molecular weight excluding hydrogens is 329 g/mol. The molecule has 24 heavy (non-hydrogen) atoms. The molecule has 2 saturated heterocycles. The maximum Gasteiger partial charge on any atom is 0.193 e. The van der Waals surface area contributed by atoms with Gasteiger partial charge in [-0.25, -0.2) is 4.39 Å². The van der Waals surface area contributed by atoms with Crippen LogP contribution in [0.2, 0.25) is 5.02 Å². The maximum atomic E-state index is 13.1. The second-order valence-corrected chi connectivity index (χ2v) is 7.10. The number of halogens is 2. The van der Waals surface area contributed by atoms with E-state index in [0.717, 1.165) is 50.8 Å². The number of hydrogen-bond acceptors (Lipinski definition) is 2. The van der Waals surface area contributed by atoms with Gasteiger partial charge >= 0.3 is 0 Å². The first kappa shape index (κ1) is 17.5. The highest BCUT2D eigenvalue weighted by molar-refractivity contribution is 6.31. The van der Waals surface area contributed by atoms with E-state index in [2.05, 4.69) is 17.1 Å². The number of guanidine groups is 1. The van der Waals surface area contributed by atoms with Gasteiger partial charge in [-0.15, -0.1) is 0 Å². The van der Waals surface area contributed by atoms with E-state index in [0.29, 0.717) is 23.4 Å². The van der Waals surface area contributed by atoms with Gasteiger partial charge in [0.15, 0.2) is 5.96 Å². The van der Waals surface area contributed by atoms with Crippen LogP contribution in [0.3, 0.4) is 0 Å². The van der Waals surface area contributed by atoms with E-state index in [1.165, 1.54) is 18.6 Å². The number of benzene rings is 1. The molecule has 0 saturated carbocycles. The lowest BCUT2D eigenvalue weighted by molar-refractivity contribution is 0.156. The molecule has 0 bridgehead atoms. The maximum absolute atomic E-state index is 13.1. The molecule has 0 radical (unpaired) electrons. The minimum absolute atomic E-state index is 0.304. The van der Waals surface area contributed by atoms with Gasteiger partial charge < -0.3 is 15.0 Å². The average Bonchev–Trinajstić information content (AvgIpc) is 3.19. The van der Waals surface area contributed by atoms with E-state index in [1.54, 1.807) is 6.07 Å². The third-order valence-electron chi connectivity index (χ3n) is 4.92. The van der Waals surface area contributed by atoms with Crippen molar-refractivity contribution >= 4 is 17.6 Å². The quantitative estimate of drug-likeness (QED) is 0.667. The van der Waals surface area contributed by atoms with Crippen LogP contribution < -0.4 is 5.32 Å². The van der Waals surface area contributed by atoms with Gasteiger partial charge in [0, 0.05) is 43.2 Å². The summed E-state index contributed by atoms with van der Waals surface area (Å²) in [5, 5.41) is 3.85. The molecule has 6 heteroatoms. The summed E-state index contributed by atoms with van der Waals surface area (Å²) in [6.45, 7) is 7.34. The fraction of sp³-hybridized carbons (Fsp3) is 0.611. The average molecular weight is 354 g/mol. The Morgan fingerprint density at radius 1 is 1.46 bits per heavy atom. The van der Waals surface area contributed by atoms with Gasteiger partial charge in [0.1, 0.15) is 5.82 Å². The molecule has 4 nitrogen and oxygen atoms in total. The molecule has 0 aromatic heterocycles. The van der Waals surface area contributed by atoms with Crippen molar-refractivity contribution in [2.24, 2.45) is 10.4 Å². The number of hydrogen-bond donors (Lipinski definition) is 1. The molecule has 2 heterocycles. The summed E-state index contributed by atoms with van der Waals surface area (Å²) >= 11 is 6.09. The van der Waals surface area contributed by atoms with Gasteiger partial charge in [0.25, 0.3) is 0 Å². The summed E-state index contributed by atoms with van der Waals surface area (Å²) in [7, 11) is 0. The van der Waals surface area contributed by atoms with E-state index >= 15 is 0 Å². The van der Waals surface area contributed by atoms with Crippen molar-refractivity contribution in [3.05, 3.63) is 34.6 Å². The standard InChI is InChI=1S/C18H25ClFN3O/c1-2-21-17(23-9-6-18(12-23)7-10-24-13-18)22-8-5-14-3-4-15(20)11-16(14)19/h3-4,11H,2,5-10,12-13H2,1H3,(H,21,22). The van der Waals surface area contributed by atoms with Gasteiger partial charge in [0.2, 0.25) is 0 Å². The topological polar surface area (TPSA) is 36.9 Å². The van der Waals surface area contributed by atoms with E-state index in [1.807, 2.05) is 0 Å². The van der Waals surface area contributed by atoms with Crippen molar-refractivity contribution in [1.82, 2.24) is 10.2 Å². The summed E-state index contributed by atoms with van der Waals surface area (Å²) in [5.41, 5.74) is 1.25. The monoisotopic (exact) mass is 353 g/mol. The predicted octanol–water partition coefficient (Wildman–Crippen LogP) is 3.10. The molecule has 1 aromatic carbocycles. The molecule has 2 fully saturated rings. The molecule has 1 aromatic rings. The van der Waals surface area contributed by atoms with Crippen molar-refractivity contribution in [2.45, 2.75) is 26.2 Å². The zero-order valence-electron chi connectivity index (χ0n) is 14.2. The van der Waals surface area contributed by atoms with E-state index in [-0.39, 0.29) is 5.82 Å². The first-order valence-electron chi connectivity index (χ1n) is 8.67. The van der Waals surface area contributed by atoms with Gasteiger partial charge in [0.05, 0.1) is 6.61 Å². The summed E-state index contributed by atoms with van der Waals surface area (Å²) in [6.07, 6.45) is 3.02. The van der Waals surface area contributed by atoms with Gasteiger partial charge in [-0.2, -0.15) is 0 Å². The van der Waals surface area contributed by atoms with E-state index in [9.17, 15) is 4.39 Å². The first-order valence-corrected chi connectivity index (χ1v) is 9.05. The largest absolute Gasteiger partial charge is 0.381 e. The number of nitrogens with one attached hydrogen (secondary N) is 1. The Kier molecular flexibility index (Phi) is 5.61. The zero-order chi connectivity index (χ0) is 17.0. The van der Waals surface area contributed by atoms with Crippen LogP contribution in [0.5, 0.6) is 0 Å². The second kappa shape index (κ2) is 7.70. The zero-order valence-corrected chi connectivity index (χ0v) is 14.9. The van der Waals surface area contributed by atoms with Crippen LogP contribution in [0.25, 0.3) is 0 Å². The molecule has 1 N–H and O–H groups in total. The van der Waals surface area contributed by atoms with Gasteiger partial charge in [-0.1, -0.05) is 17.7 Å². The fourth-order valence-electron chi connectivity index (χ4n) is 3.52. The number of ether oxygens (including phenoxy) is 1. The first-order chi connectivity index (χ1) is 11.6. The lowest BCUT2D eigenvalue weighted by atomic mass is 9.87. The minimum atomic E-state index is -0.304. The molecule has 2 aliphatic rings. The SMILES string of the molecule is CCNC(=NCCc1ccc(F)cc1Cl)N1CCC2(CCOC2)C1. The van der Waals surface area contributed by atoms with Crippen LogP contribution in [0, 0.1) is 11.2 Å². The van der Waals surface area contributed by atoms with Crippen molar-refractivity contribution in [1.29, 1.82) is 0 Å². The second-order valence-electron chi connectivity index (χ2n) is 6.70. The fourth-order valence-corrected chi connectivity index (χ4v) is 3.78. The Balaban J connectivity index is 1.61. The Morgan fingerprint density at radius 3 is 3.04 bits per heavy atom. The third kappa shape index (κ3) is 4.01. The molecule has 0 aliphatic carbocycles. The molecular formula is C18H25ClFN3O. The lowest BCUT2D eigenvalue weighted by Gasteiger charge is -2.25. The summed E-state index contributed by atoms with van der Waals surface area (Å²) < 4.78 is 18.7. The molecule has 132 valence electrons. The van der Waals surface area contributed by atoms with Crippen molar-refractivity contribution in [3.8, 4) is 0 Å². The Hall–Kier alpha value is -1.33. The highest BCUT2D eigenvalue weighted by atomic mass is 35.5. The van der Waals surface area contributed by atoms with Crippen LogP contribution >= 0.6 is 11.6 Å². The molecule has 2 aliphatic heterocycles. The van der Waals surface area contributed by atoms with Crippen molar-refractivity contribution in [3.63, 3.8) is 0 Å². The number of rotatable bonds is 4. The molecule has 1 spiro atoms. The van der Waals surface area contributed by atoms with Crippen LogP contribution in [-0.4, -0.2) is 50.3 Å². The molecule has 0 amide bonds. The summed E-state index contributed by atoms with van der Waals surface area (Å²) in [4.78, 5) is 7.08. The van der Waals surface area contributed by atoms with E-state index in [4.69, 9.17) is 21.3 Å². The lowest BCUT2D eigenvalue weighted by Crippen LogP contribution is -2.41. The smallest absolute Gasteiger partial charge is 0.193 e. The highest BCUT2D eigenvalue weighted by Gasteiger charge is 2.42. The molecule has 3 rings (SSSR count). The molecule has 1 unspecified atom stereocenters. The van der Waals surface area contributed by atoms with Crippen molar-refractivity contribution < 1.29 is 9.13 Å². The van der Waals surface area contributed by atoms with Crippen LogP contribution in [0.1, 0.15) is 25.3 Å². The predicted molar refractivity (Wildman–Crippen MR) is 95.2 cm³/mol. The normalized spacial score (nSPS) is 24.1. The molecule has 1 atom stereocenters. The van der Waals surface area contributed by atoms with Crippen LogP contribution in [0.15, 0.2) is 23.2 Å².